The molecule has 6 aromatic rings. The Morgan fingerprint density at radius 2 is 1.60 bits per heavy atom. The van der Waals surface area contributed by atoms with E-state index in [0.29, 0.717) is 11.1 Å². The van der Waals surface area contributed by atoms with E-state index in [-0.39, 0.29) is 11.6 Å². The van der Waals surface area contributed by atoms with Gasteiger partial charge in [-0.2, -0.15) is 0 Å². The highest BCUT2D eigenvalue weighted by molar-refractivity contribution is 9.11. The average Bonchev–Trinajstić information content (AvgIpc) is 3.37. The zero-order valence-corrected chi connectivity index (χ0v) is 28.0. The number of aryl methyl sites for hydroxylation is 1. The molecule has 0 amide bonds. The van der Waals surface area contributed by atoms with Crippen molar-refractivity contribution < 1.29 is 4.74 Å². The monoisotopic (exact) mass is 732 g/mol. The predicted molar refractivity (Wildman–Crippen MR) is 189 cm³/mol. The van der Waals surface area contributed by atoms with Gasteiger partial charge in [-0.1, -0.05) is 108 Å². The summed E-state index contributed by atoms with van der Waals surface area (Å²) in [6.07, 6.45) is 3.77. The Morgan fingerprint density at radius 1 is 0.867 bits per heavy atom. The molecule has 45 heavy (non-hydrogen) atoms. The van der Waals surface area contributed by atoms with E-state index in [0.717, 1.165) is 54.7 Å². The first-order valence-electron chi connectivity index (χ1n) is 14.8. The van der Waals surface area contributed by atoms with Crippen LogP contribution < -0.4 is 19.6 Å². The number of allylic oxidation sites excluding steroid dienone is 1. The van der Waals surface area contributed by atoms with Crippen molar-refractivity contribution in [2.45, 2.75) is 25.5 Å². The van der Waals surface area contributed by atoms with Crippen molar-refractivity contribution in [1.29, 1.82) is 0 Å². The summed E-state index contributed by atoms with van der Waals surface area (Å²) in [4.78, 5) is 20.0. The second-order valence-corrected chi connectivity index (χ2v) is 14.0. The van der Waals surface area contributed by atoms with E-state index < -0.39 is 0 Å². The lowest BCUT2D eigenvalue weighted by Gasteiger charge is -2.30. The first-order valence-corrected chi connectivity index (χ1v) is 17.2. The molecule has 220 valence electrons. The fourth-order valence-electron chi connectivity index (χ4n) is 6.48. The first-order chi connectivity index (χ1) is 22.0. The molecule has 0 spiro atoms. The summed E-state index contributed by atoms with van der Waals surface area (Å²) in [5.74, 6) is 0.719. The molecule has 8 rings (SSSR count). The number of rotatable bonds is 5. The first kappa shape index (κ1) is 28.4. The Hall–Kier alpha value is -4.04. The van der Waals surface area contributed by atoms with Crippen LogP contribution in [0.2, 0.25) is 0 Å². The molecule has 0 fully saturated rings. The summed E-state index contributed by atoms with van der Waals surface area (Å²) in [6, 6.07) is 37.2. The second kappa shape index (κ2) is 11.7. The number of aromatic nitrogens is 1. The molecular formula is C38H26Br2N2O2S. The molecule has 5 aromatic carbocycles. The van der Waals surface area contributed by atoms with Crippen LogP contribution in [-0.4, -0.2) is 4.57 Å². The SMILES string of the molecule is O=c1/c(=C/c2cc(Br)c(OCc3cccc4ccccc34)c(Br)c2)sc2n1C(c1ccccc1)C1=C(N=2)c2ccccc2CC1. The second-order valence-electron chi connectivity index (χ2n) is 11.3. The third-order valence-electron chi connectivity index (χ3n) is 8.56. The number of hydrogen-bond acceptors (Lipinski definition) is 4. The standard InChI is InChI=1S/C38H26Br2N2O2S/c39-31-19-23(20-32(40)36(31)44-22-27-14-8-13-24-9-4-6-15-28(24)27)21-33-37(43)42-35(26-11-2-1-3-12-26)30-18-17-25-10-5-7-16-29(25)34(30)41-38(42)45-33/h1-16,19-21,35H,17-18,22H2/b33-21-. The molecule has 4 nitrogen and oxygen atoms in total. The van der Waals surface area contributed by atoms with Gasteiger partial charge in [0.2, 0.25) is 0 Å². The van der Waals surface area contributed by atoms with Crippen LogP contribution in [0, 0.1) is 0 Å². The van der Waals surface area contributed by atoms with E-state index in [9.17, 15) is 4.79 Å². The third-order valence-corrected chi connectivity index (χ3v) is 10.7. The molecule has 1 aliphatic carbocycles. The van der Waals surface area contributed by atoms with Crippen LogP contribution >= 0.6 is 43.2 Å². The predicted octanol–water partition coefficient (Wildman–Crippen LogP) is 8.58. The summed E-state index contributed by atoms with van der Waals surface area (Å²) in [5, 5.41) is 2.37. The molecule has 1 aliphatic heterocycles. The van der Waals surface area contributed by atoms with Crippen LogP contribution in [0.3, 0.4) is 0 Å². The smallest absolute Gasteiger partial charge is 0.271 e. The highest BCUT2D eigenvalue weighted by atomic mass is 79.9. The minimum atomic E-state index is -0.184. The van der Waals surface area contributed by atoms with Crippen molar-refractivity contribution in [3.05, 3.63) is 171 Å². The van der Waals surface area contributed by atoms with Crippen molar-refractivity contribution >= 4 is 65.7 Å². The molecule has 1 atom stereocenters. The number of thiazole rings is 1. The van der Waals surface area contributed by atoms with Gasteiger partial charge in [0.25, 0.3) is 5.56 Å². The van der Waals surface area contributed by atoms with Crippen molar-refractivity contribution in [1.82, 2.24) is 4.57 Å². The minimum absolute atomic E-state index is 0.0264. The maximum Gasteiger partial charge on any atom is 0.271 e. The average molecular weight is 735 g/mol. The summed E-state index contributed by atoms with van der Waals surface area (Å²) < 4.78 is 10.5. The van der Waals surface area contributed by atoms with E-state index in [1.165, 1.54) is 38.8 Å². The zero-order chi connectivity index (χ0) is 30.5. The van der Waals surface area contributed by atoms with Crippen LogP contribution in [0.15, 0.2) is 134 Å². The molecule has 1 aromatic heterocycles. The quantitative estimate of drug-likeness (QED) is 0.178. The molecule has 7 heteroatoms. The van der Waals surface area contributed by atoms with Crippen molar-refractivity contribution in [3.63, 3.8) is 0 Å². The van der Waals surface area contributed by atoms with Gasteiger partial charge in [-0.3, -0.25) is 9.36 Å². The lowest BCUT2D eigenvalue weighted by atomic mass is 9.83. The molecule has 0 saturated heterocycles. The lowest BCUT2D eigenvalue weighted by Crippen LogP contribution is -2.38. The van der Waals surface area contributed by atoms with Crippen molar-refractivity contribution in [3.8, 4) is 5.75 Å². The molecular weight excluding hydrogens is 708 g/mol. The number of hydrogen-bond donors (Lipinski definition) is 0. The number of benzene rings is 5. The minimum Gasteiger partial charge on any atom is -0.487 e. The van der Waals surface area contributed by atoms with E-state index in [1.807, 2.05) is 53.1 Å². The lowest BCUT2D eigenvalue weighted by molar-refractivity contribution is 0.303. The number of nitrogens with zero attached hydrogens (tertiary/aromatic N) is 2. The normalized spacial score (nSPS) is 15.8. The summed E-state index contributed by atoms with van der Waals surface area (Å²) in [7, 11) is 0. The Bertz CT molecular complexity index is 2310. The number of ether oxygens (including phenoxy) is 1. The van der Waals surface area contributed by atoms with Crippen LogP contribution in [0.25, 0.3) is 22.5 Å². The van der Waals surface area contributed by atoms with Gasteiger partial charge in [-0.05, 0) is 102 Å². The Labute approximate surface area is 280 Å². The molecule has 0 N–H and O–H groups in total. The van der Waals surface area contributed by atoms with Gasteiger partial charge in [-0.25, -0.2) is 4.99 Å². The van der Waals surface area contributed by atoms with Gasteiger partial charge in [0.15, 0.2) is 4.80 Å². The molecule has 0 saturated carbocycles. The van der Waals surface area contributed by atoms with E-state index >= 15 is 0 Å². The molecule has 0 radical (unpaired) electrons. The molecule has 0 bridgehead atoms. The highest BCUT2D eigenvalue weighted by Gasteiger charge is 2.32. The Kier molecular flexibility index (Phi) is 7.40. The zero-order valence-electron chi connectivity index (χ0n) is 24.0. The highest BCUT2D eigenvalue weighted by Crippen LogP contribution is 2.41. The summed E-state index contributed by atoms with van der Waals surface area (Å²) in [6.45, 7) is 0.434. The maximum absolute atomic E-state index is 14.1. The third kappa shape index (κ3) is 5.13. The van der Waals surface area contributed by atoms with Crippen LogP contribution in [0.1, 0.15) is 40.3 Å². The van der Waals surface area contributed by atoms with Gasteiger partial charge in [0, 0.05) is 5.56 Å². The molecule has 2 aliphatic rings. The van der Waals surface area contributed by atoms with Crippen LogP contribution in [0.5, 0.6) is 5.75 Å². The van der Waals surface area contributed by atoms with E-state index in [1.54, 1.807) is 0 Å². The van der Waals surface area contributed by atoms with Crippen molar-refractivity contribution in [2.75, 3.05) is 0 Å². The van der Waals surface area contributed by atoms with Gasteiger partial charge >= 0.3 is 0 Å². The largest absolute Gasteiger partial charge is 0.487 e. The number of halogens is 2. The summed E-state index contributed by atoms with van der Waals surface area (Å²) in [5.41, 5.74) is 7.78. The van der Waals surface area contributed by atoms with Crippen molar-refractivity contribution in [2.24, 2.45) is 4.99 Å². The van der Waals surface area contributed by atoms with E-state index in [2.05, 4.69) is 98.6 Å². The molecule has 2 heterocycles. The topological polar surface area (TPSA) is 43.6 Å². The van der Waals surface area contributed by atoms with Crippen LogP contribution in [-0.2, 0) is 13.0 Å². The Balaban J connectivity index is 1.18. The van der Waals surface area contributed by atoms with Gasteiger partial charge in [0.1, 0.15) is 12.4 Å². The fourth-order valence-corrected chi connectivity index (χ4v) is 8.93. The fraction of sp³-hybridized carbons (Fsp3) is 0.105. The van der Waals surface area contributed by atoms with Gasteiger partial charge in [0.05, 0.1) is 25.2 Å². The van der Waals surface area contributed by atoms with Gasteiger partial charge < -0.3 is 4.74 Å². The Morgan fingerprint density at radius 3 is 2.44 bits per heavy atom. The number of fused-ring (bicyclic) bond motifs is 4. The van der Waals surface area contributed by atoms with Crippen LogP contribution in [0.4, 0.5) is 0 Å². The maximum atomic E-state index is 14.1. The summed E-state index contributed by atoms with van der Waals surface area (Å²) >= 11 is 8.90. The van der Waals surface area contributed by atoms with E-state index in [4.69, 9.17) is 9.73 Å². The molecule has 1 unspecified atom stereocenters. The van der Waals surface area contributed by atoms with Gasteiger partial charge in [-0.15, -0.1) is 0 Å².